The number of carbonyl (C=O) groups is 1. The fraction of sp³-hybridized carbons (Fsp3) is 0.250. The van der Waals surface area contributed by atoms with Crippen molar-refractivity contribution in [2.45, 2.75) is 19.8 Å². The average Bonchev–Trinajstić information content (AvgIpc) is 2.48. The van der Waals surface area contributed by atoms with Crippen molar-refractivity contribution in [3.8, 4) is 5.75 Å². The van der Waals surface area contributed by atoms with E-state index in [9.17, 15) is 4.79 Å². The van der Waals surface area contributed by atoms with Crippen molar-refractivity contribution in [3.05, 3.63) is 54.2 Å². The SMILES string of the molecule is CCOc1ccccc1CCC(=O)Nc1ccccn1. The van der Waals surface area contributed by atoms with Crippen LogP contribution in [0.15, 0.2) is 48.7 Å². The van der Waals surface area contributed by atoms with Crippen molar-refractivity contribution in [1.29, 1.82) is 0 Å². The molecule has 0 aliphatic rings. The lowest BCUT2D eigenvalue weighted by atomic mass is 10.1. The molecule has 0 unspecified atom stereocenters. The number of aromatic nitrogens is 1. The Morgan fingerprint density at radius 3 is 2.75 bits per heavy atom. The van der Waals surface area contributed by atoms with E-state index < -0.39 is 0 Å². The zero-order valence-corrected chi connectivity index (χ0v) is 11.5. The molecule has 1 N–H and O–H groups in total. The van der Waals surface area contributed by atoms with Crippen molar-refractivity contribution >= 4 is 11.7 Å². The Labute approximate surface area is 118 Å². The standard InChI is InChI=1S/C16H18N2O2/c1-2-20-14-8-4-3-7-13(14)10-11-16(19)18-15-9-5-6-12-17-15/h3-9,12H,2,10-11H2,1H3,(H,17,18,19). The minimum absolute atomic E-state index is 0.0463. The van der Waals surface area contributed by atoms with E-state index in [1.54, 1.807) is 12.3 Å². The van der Waals surface area contributed by atoms with Crippen molar-refractivity contribution in [2.75, 3.05) is 11.9 Å². The van der Waals surface area contributed by atoms with E-state index in [0.29, 0.717) is 25.3 Å². The number of nitrogens with zero attached hydrogens (tertiary/aromatic N) is 1. The van der Waals surface area contributed by atoms with Gasteiger partial charge in [-0.2, -0.15) is 0 Å². The predicted octanol–water partition coefficient (Wildman–Crippen LogP) is 3.05. The second kappa shape index (κ2) is 7.28. The predicted molar refractivity (Wildman–Crippen MR) is 78.8 cm³/mol. The first kappa shape index (κ1) is 14.1. The lowest BCUT2D eigenvalue weighted by molar-refractivity contribution is -0.116. The number of rotatable bonds is 6. The number of carbonyl (C=O) groups excluding carboxylic acids is 1. The van der Waals surface area contributed by atoms with Crippen molar-refractivity contribution < 1.29 is 9.53 Å². The van der Waals surface area contributed by atoms with Gasteiger partial charge in [0, 0.05) is 12.6 Å². The summed E-state index contributed by atoms with van der Waals surface area (Å²) >= 11 is 0. The Hall–Kier alpha value is -2.36. The molecule has 4 nitrogen and oxygen atoms in total. The van der Waals surface area contributed by atoms with E-state index in [1.165, 1.54) is 0 Å². The Morgan fingerprint density at radius 1 is 1.20 bits per heavy atom. The van der Waals surface area contributed by atoms with Gasteiger partial charge in [-0.1, -0.05) is 24.3 Å². The monoisotopic (exact) mass is 270 g/mol. The number of aryl methyl sites for hydroxylation is 1. The molecule has 1 heterocycles. The van der Waals surface area contributed by atoms with Gasteiger partial charge in [0.25, 0.3) is 0 Å². The minimum Gasteiger partial charge on any atom is -0.494 e. The Bertz CT molecular complexity index is 555. The van der Waals surface area contributed by atoms with E-state index in [0.717, 1.165) is 11.3 Å². The van der Waals surface area contributed by atoms with Gasteiger partial charge in [-0.05, 0) is 37.1 Å². The van der Waals surface area contributed by atoms with Crippen LogP contribution in [0.3, 0.4) is 0 Å². The molecule has 104 valence electrons. The molecule has 0 saturated heterocycles. The van der Waals surface area contributed by atoms with E-state index in [-0.39, 0.29) is 5.91 Å². The molecule has 0 atom stereocenters. The van der Waals surface area contributed by atoms with Crippen LogP contribution in [-0.2, 0) is 11.2 Å². The van der Waals surface area contributed by atoms with Crippen LogP contribution in [0.5, 0.6) is 5.75 Å². The number of nitrogens with one attached hydrogen (secondary N) is 1. The first-order valence-electron chi connectivity index (χ1n) is 6.71. The smallest absolute Gasteiger partial charge is 0.225 e. The molecule has 0 aliphatic heterocycles. The Morgan fingerprint density at radius 2 is 2.00 bits per heavy atom. The van der Waals surface area contributed by atoms with E-state index >= 15 is 0 Å². The number of pyridine rings is 1. The first-order valence-corrected chi connectivity index (χ1v) is 6.71. The third-order valence-corrected chi connectivity index (χ3v) is 2.83. The fourth-order valence-corrected chi connectivity index (χ4v) is 1.90. The molecule has 2 rings (SSSR count). The zero-order valence-electron chi connectivity index (χ0n) is 11.5. The molecular weight excluding hydrogens is 252 g/mol. The van der Waals surface area contributed by atoms with Gasteiger partial charge in [0.15, 0.2) is 0 Å². The van der Waals surface area contributed by atoms with Crippen LogP contribution in [0, 0.1) is 0 Å². The molecule has 0 spiro atoms. The molecule has 20 heavy (non-hydrogen) atoms. The molecule has 0 bridgehead atoms. The number of hydrogen-bond acceptors (Lipinski definition) is 3. The zero-order chi connectivity index (χ0) is 14.2. The fourth-order valence-electron chi connectivity index (χ4n) is 1.90. The number of hydrogen-bond donors (Lipinski definition) is 1. The second-order valence-corrected chi connectivity index (χ2v) is 4.30. The summed E-state index contributed by atoms with van der Waals surface area (Å²) in [6.45, 7) is 2.57. The van der Waals surface area contributed by atoms with Crippen LogP contribution in [0.1, 0.15) is 18.9 Å². The largest absolute Gasteiger partial charge is 0.494 e. The van der Waals surface area contributed by atoms with Crippen LogP contribution >= 0.6 is 0 Å². The molecule has 0 radical (unpaired) electrons. The first-order chi connectivity index (χ1) is 9.79. The van der Waals surface area contributed by atoms with Crippen molar-refractivity contribution in [3.63, 3.8) is 0 Å². The maximum atomic E-state index is 11.9. The van der Waals surface area contributed by atoms with Gasteiger partial charge in [-0.3, -0.25) is 4.79 Å². The highest BCUT2D eigenvalue weighted by Gasteiger charge is 2.07. The molecule has 4 heteroatoms. The summed E-state index contributed by atoms with van der Waals surface area (Å²) in [5.74, 6) is 1.38. The molecule has 2 aromatic rings. The Balaban J connectivity index is 1.90. The Kier molecular flexibility index (Phi) is 5.12. The van der Waals surface area contributed by atoms with E-state index in [2.05, 4.69) is 10.3 Å². The summed E-state index contributed by atoms with van der Waals surface area (Å²) in [5.41, 5.74) is 1.05. The third-order valence-electron chi connectivity index (χ3n) is 2.83. The van der Waals surface area contributed by atoms with Gasteiger partial charge in [0.05, 0.1) is 6.61 Å². The maximum absolute atomic E-state index is 11.9. The van der Waals surface area contributed by atoms with Gasteiger partial charge in [0.1, 0.15) is 11.6 Å². The quantitative estimate of drug-likeness (QED) is 0.877. The summed E-state index contributed by atoms with van der Waals surface area (Å²) in [4.78, 5) is 15.9. The highest BCUT2D eigenvalue weighted by Crippen LogP contribution is 2.19. The summed E-state index contributed by atoms with van der Waals surface area (Å²) in [6.07, 6.45) is 2.70. The molecule has 0 saturated carbocycles. The third kappa shape index (κ3) is 4.09. The lowest BCUT2D eigenvalue weighted by Crippen LogP contribution is -2.13. The van der Waals surface area contributed by atoms with Crippen LogP contribution in [0.4, 0.5) is 5.82 Å². The number of amides is 1. The molecular formula is C16H18N2O2. The number of anilines is 1. The second-order valence-electron chi connectivity index (χ2n) is 4.30. The lowest BCUT2D eigenvalue weighted by Gasteiger charge is -2.09. The van der Waals surface area contributed by atoms with Crippen LogP contribution < -0.4 is 10.1 Å². The van der Waals surface area contributed by atoms with Gasteiger partial charge in [-0.15, -0.1) is 0 Å². The van der Waals surface area contributed by atoms with E-state index in [4.69, 9.17) is 4.74 Å². The summed E-state index contributed by atoms with van der Waals surface area (Å²) in [7, 11) is 0. The molecule has 0 aliphatic carbocycles. The topological polar surface area (TPSA) is 51.2 Å². The molecule has 1 aromatic heterocycles. The van der Waals surface area contributed by atoms with Crippen molar-refractivity contribution in [2.24, 2.45) is 0 Å². The van der Waals surface area contributed by atoms with Gasteiger partial charge < -0.3 is 10.1 Å². The molecule has 0 fully saturated rings. The average molecular weight is 270 g/mol. The maximum Gasteiger partial charge on any atom is 0.225 e. The highest BCUT2D eigenvalue weighted by atomic mass is 16.5. The number of ether oxygens (including phenoxy) is 1. The normalized spacial score (nSPS) is 10.1. The van der Waals surface area contributed by atoms with Gasteiger partial charge >= 0.3 is 0 Å². The summed E-state index contributed by atoms with van der Waals surface area (Å²) in [5, 5.41) is 2.77. The number of para-hydroxylation sites is 1. The van der Waals surface area contributed by atoms with Crippen LogP contribution in [-0.4, -0.2) is 17.5 Å². The summed E-state index contributed by atoms with van der Waals surface area (Å²) in [6, 6.07) is 13.2. The molecule has 1 aromatic carbocycles. The van der Waals surface area contributed by atoms with E-state index in [1.807, 2.05) is 43.3 Å². The summed E-state index contributed by atoms with van der Waals surface area (Å²) < 4.78 is 5.54. The highest BCUT2D eigenvalue weighted by molar-refractivity contribution is 5.89. The van der Waals surface area contributed by atoms with Crippen LogP contribution in [0.2, 0.25) is 0 Å². The van der Waals surface area contributed by atoms with Crippen LogP contribution in [0.25, 0.3) is 0 Å². The number of benzene rings is 1. The van der Waals surface area contributed by atoms with Gasteiger partial charge in [0.2, 0.25) is 5.91 Å². The minimum atomic E-state index is -0.0463. The molecule has 1 amide bonds. The van der Waals surface area contributed by atoms with Crippen molar-refractivity contribution in [1.82, 2.24) is 4.98 Å². The van der Waals surface area contributed by atoms with Gasteiger partial charge in [-0.25, -0.2) is 4.98 Å².